The molecule has 1 saturated carbocycles. The predicted molar refractivity (Wildman–Crippen MR) is 120 cm³/mol. The number of carbonyl (C=O) groups is 2. The molecule has 1 fully saturated rings. The standard InChI is InChI=1S/C25H28N4O4/c30-22(8-3-9-23-27-24(28-33-23)21-7-4-14-32-21)26-19-12-10-17(11-13-19)15-29-16-18-5-1-2-6-20(18)25(29)31/h1-2,4-7,14,17,19H,3,8-13,15-16H2,(H,26,30). The zero-order chi connectivity index (χ0) is 22.6. The minimum absolute atomic E-state index is 0.0643. The second kappa shape index (κ2) is 9.60. The Morgan fingerprint density at radius 1 is 1.12 bits per heavy atom. The number of fused-ring (bicyclic) bond motifs is 1. The van der Waals surface area contributed by atoms with Crippen molar-refractivity contribution in [2.75, 3.05) is 6.54 Å². The van der Waals surface area contributed by atoms with Crippen LogP contribution in [0.25, 0.3) is 11.6 Å². The lowest BCUT2D eigenvalue weighted by molar-refractivity contribution is -0.122. The van der Waals surface area contributed by atoms with E-state index < -0.39 is 0 Å². The van der Waals surface area contributed by atoms with Crippen LogP contribution in [0, 0.1) is 5.92 Å². The minimum atomic E-state index is 0.0643. The second-order valence-electron chi connectivity index (χ2n) is 8.97. The Morgan fingerprint density at radius 3 is 2.76 bits per heavy atom. The van der Waals surface area contributed by atoms with Crippen LogP contribution in [0.4, 0.5) is 0 Å². The van der Waals surface area contributed by atoms with Crippen LogP contribution in [0.2, 0.25) is 0 Å². The van der Waals surface area contributed by atoms with Crippen molar-refractivity contribution in [2.45, 2.75) is 57.5 Å². The van der Waals surface area contributed by atoms with Crippen LogP contribution >= 0.6 is 0 Å². The molecule has 8 nitrogen and oxygen atoms in total. The Bertz CT molecular complexity index is 1100. The molecular formula is C25H28N4O4. The molecule has 0 unspecified atom stereocenters. The molecule has 1 N–H and O–H groups in total. The molecule has 3 heterocycles. The van der Waals surface area contributed by atoms with Crippen molar-refractivity contribution in [3.63, 3.8) is 0 Å². The first kappa shape index (κ1) is 21.4. The molecule has 3 aromatic rings. The van der Waals surface area contributed by atoms with Gasteiger partial charge in [-0.3, -0.25) is 9.59 Å². The Hall–Kier alpha value is -3.42. The lowest BCUT2D eigenvalue weighted by Gasteiger charge is -2.31. The fourth-order valence-electron chi connectivity index (χ4n) is 4.83. The van der Waals surface area contributed by atoms with E-state index >= 15 is 0 Å². The molecule has 1 aliphatic heterocycles. The summed E-state index contributed by atoms with van der Waals surface area (Å²) in [5, 5.41) is 7.07. The average molecular weight is 449 g/mol. The van der Waals surface area contributed by atoms with Crippen LogP contribution < -0.4 is 5.32 Å². The minimum Gasteiger partial charge on any atom is -0.461 e. The van der Waals surface area contributed by atoms with Crippen LogP contribution in [0.1, 0.15) is 60.3 Å². The summed E-state index contributed by atoms with van der Waals surface area (Å²) < 4.78 is 10.5. The van der Waals surface area contributed by atoms with Gasteiger partial charge < -0.3 is 19.2 Å². The molecule has 2 aromatic heterocycles. The summed E-state index contributed by atoms with van der Waals surface area (Å²) in [4.78, 5) is 31.2. The van der Waals surface area contributed by atoms with Gasteiger partial charge in [-0.15, -0.1) is 0 Å². The molecule has 1 aromatic carbocycles. The van der Waals surface area contributed by atoms with Gasteiger partial charge in [0.25, 0.3) is 5.91 Å². The van der Waals surface area contributed by atoms with Crippen molar-refractivity contribution in [3.05, 3.63) is 59.7 Å². The zero-order valence-electron chi connectivity index (χ0n) is 18.5. The largest absolute Gasteiger partial charge is 0.461 e. The third kappa shape index (κ3) is 4.99. The highest BCUT2D eigenvalue weighted by Crippen LogP contribution is 2.29. The van der Waals surface area contributed by atoms with Gasteiger partial charge in [0.2, 0.25) is 17.6 Å². The van der Waals surface area contributed by atoms with E-state index in [1.807, 2.05) is 29.2 Å². The highest BCUT2D eigenvalue weighted by Gasteiger charge is 2.30. The number of rotatable bonds is 8. The van der Waals surface area contributed by atoms with Crippen LogP contribution in [0.5, 0.6) is 0 Å². The smallest absolute Gasteiger partial charge is 0.254 e. The summed E-state index contributed by atoms with van der Waals surface area (Å²) in [7, 11) is 0. The van der Waals surface area contributed by atoms with Gasteiger partial charge in [-0.05, 0) is 61.8 Å². The molecule has 0 bridgehead atoms. The number of benzene rings is 1. The van der Waals surface area contributed by atoms with Gasteiger partial charge in [0.15, 0.2) is 5.76 Å². The van der Waals surface area contributed by atoms with Crippen LogP contribution in [0.15, 0.2) is 51.6 Å². The average Bonchev–Trinajstić information content (AvgIpc) is 3.57. The molecule has 2 amide bonds. The summed E-state index contributed by atoms with van der Waals surface area (Å²) in [5.74, 6) is 2.21. The molecule has 5 rings (SSSR count). The number of nitrogens with zero attached hydrogens (tertiary/aromatic N) is 3. The summed E-state index contributed by atoms with van der Waals surface area (Å²) in [6, 6.07) is 11.6. The van der Waals surface area contributed by atoms with E-state index in [1.54, 1.807) is 18.4 Å². The number of hydrogen-bond donors (Lipinski definition) is 1. The Labute approximate surface area is 192 Å². The number of carbonyl (C=O) groups excluding carboxylic acids is 2. The monoisotopic (exact) mass is 448 g/mol. The van der Waals surface area contributed by atoms with Crippen LogP contribution in [-0.4, -0.2) is 39.4 Å². The predicted octanol–water partition coefficient (Wildman–Crippen LogP) is 3.98. The van der Waals surface area contributed by atoms with Crippen LogP contribution in [0.3, 0.4) is 0 Å². The molecule has 8 heteroatoms. The van der Waals surface area contributed by atoms with Crippen molar-refractivity contribution in [2.24, 2.45) is 5.92 Å². The zero-order valence-corrected chi connectivity index (χ0v) is 18.5. The van der Waals surface area contributed by atoms with Gasteiger partial charge in [0, 0.05) is 37.5 Å². The lowest BCUT2D eigenvalue weighted by Crippen LogP contribution is -2.39. The first-order valence-electron chi connectivity index (χ1n) is 11.7. The van der Waals surface area contributed by atoms with Gasteiger partial charge in [0.1, 0.15) is 0 Å². The highest BCUT2D eigenvalue weighted by atomic mass is 16.5. The number of nitrogens with one attached hydrogen (secondary N) is 1. The number of furan rings is 1. The van der Waals surface area contributed by atoms with Crippen LogP contribution in [-0.2, 0) is 17.8 Å². The number of amides is 2. The van der Waals surface area contributed by atoms with Gasteiger partial charge in [0.05, 0.1) is 6.26 Å². The SMILES string of the molecule is O=C(CCCc1nc(-c2ccco2)no1)NC1CCC(CN2Cc3ccccc3C2=O)CC1. The molecule has 0 atom stereocenters. The first-order valence-corrected chi connectivity index (χ1v) is 11.7. The quantitative estimate of drug-likeness (QED) is 0.559. The second-order valence-corrected chi connectivity index (χ2v) is 8.97. The highest BCUT2D eigenvalue weighted by molar-refractivity contribution is 5.98. The third-order valence-electron chi connectivity index (χ3n) is 6.59. The number of aromatic nitrogens is 2. The van der Waals surface area contributed by atoms with Gasteiger partial charge >= 0.3 is 0 Å². The third-order valence-corrected chi connectivity index (χ3v) is 6.59. The van der Waals surface area contributed by atoms with Crippen molar-refractivity contribution in [1.82, 2.24) is 20.4 Å². The van der Waals surface area contributed by atoms with E-state index in [2.05, 4.69) is 15.5 Å². The van der Waals surface area contributed by atoms with E-state index in [0.717, 1.165) is 43.4 Å². The molecule has 33 heavy (non-hydrogen) atoms. The number of hydrogen-bond acceptors (Lipinski definition) is 6. The maximum atomic E-state index is 12.6. The van der Waals surface area contributed by atoms with E-state index in [9.17, 15) is 9.59 Å². The Morgan fingerprint density at radius 2 is 1.97 bits per heavy atom. The molecular weight excluding hydrogens is 420 g/mol. The Balaban J connectivity index is 1.00. The molecule has 2 aliphatic rings. The van der Waals surface area contributed by atoms with E-state index in [0.29, 0.717) is 49.2 Å². The Kier molecular flexibility index (Phi) is 6.24. The first-order chi connectivity index (χ1) is 16.2. The summed E-state index contributed by atoms with van der Waals surface area (Å²) in [5.41, 5.74) is 1.97. The summed E-state index contributed by atoms with van der Waals surface area (Å²) in [6.07, 6.45) is 7.18. The van der Waals surface area contributed by atoms with E-state index in [4.69, 9.17) is 8.94 Å². The topological polar surface area (TPSA) is 101 Å². The lowest BCUT2D eigenvalue weighted by atomic mass is 9.85. The van der Waals surface area contributed by atoms with Crippen molar-refractivity contribution < 1.29 is 18.5 Å². The molecule has 0 saturated heterocycles. The molecule has 1 aliphatic carbocycles. The van der Waals surface area contributed by atoms with Crippen molar-refractivity contribution in [3.8, 4) is 11.6 Å². The van der Waals surface area contributed by atoms with E-state index in [-0.39, 0.29) is 17.9 Å². The molecule has 0 radical (unpaired) electrons. The molecule has 172 valence electrons. The number of aryl methyl sites for hydroxylation is 1. The fraction of sp³-hybridized carbons (Fsp3) is 0.440. The normalized spacial score (nSPS) is 20.1. The summed E-state index contributed by atoms with van der Waals surface area (Å²) in [6.45, 7) is 1.52. The van der Waals surface area contributed by atoms with Gasteiger partial charge in [-0.25, -0.2) is 0 Å². The fourth-order valence-corrected chi connectivity index (χ4v) is 4.83. The van der Waals surface area contributed by atoms with Crippen molar-refractivity contribution >= 4 is 11.8 Å². The van der Waals surface area contributed by atoms with Gasteiger partial charge in [-0.2, -0.15) is 4.98 Å². The summed E-state index contributed by atoms with van der Waals surface area (Å²) >= 11 is 0. The van der Waals surface area contributed by atoms with Gasteiger partial charge in [-0.1, -0.05) is 23.4 Å². The van der Waals surface area contributed by atoms with E-state index in [1.165, 1.54) is 0 Å². The maximum absolute atomic E-state index is 12.6. The maximum Gasteiger partial charge on any atom is 0.254 e. The van der Waals surface area contributed by atoms with Crippen molar-refractivity contribution in [1.29, 1.82) is 0 Å². The molecule has 0 spiro atoms.